The number of carbonyl (C=O) groups is 2. The Hall–Kier alpha value is -2.53. The Labute approximate surface area is 145 Å². The smallest absolute Gasteiger partial charge is 0.337 e. The van der Waals surface area contributed by atoms with Gasteiger partial charge < -0.3 is 14.8 Å². The van der Waals surface area contributed by atoms with Gasteiger partial charge in [0.05, 0.1) is 12.7 Å². The van der Waals surface area contributed by atoms with Crippen molar-refractivity contribution < 1.29 is 19.1 Å². The van der Waals surface area contributed by atoms with Crippen molar-refractivity contribution in [3.05, 3.63) is 64.7 Å². The van der Waals surface area contributed by atoms with Crippen LogP contribution in [0.5, 0.6) is 5.75 Å². The molecule has 0 atom stereocenters. The van der Waals surface area contributed by atoms with Gasteiger partial charge in [-0.15, -0.1) is 0 Å². The van der Waals surface area contributed by atoms with E-state index in [-0.39, 0.29) is 12.5 Å². The summed E-state index contributed by atoms with van der Waals surface area (Å²) in [5.41, 5.74) is 1.52. The van der Waals surface area contributed by atoms with E-state index in [1.165, 1.54) is 7.11 Å². The first-order valence-corrected chi connectivity index (χ1v) is 7.78. The molecule has 5 nitrogen and oxygen atoms in total. The molecule has 2 aromatic carbocycles. The number of carbonyl (C=O) groups excluding carboxylic acids is 2. The third kappa shape index (κ3) is 5.59. The van der Waals surface area contributed by atoms with E-state index >= 15 is 0 Å². The molecule has 2 aromatic rings. The van der Waals surface area contributed by atoms with Crippen LogP contribution in [0.15, 0.2) is 48.5 Å². The molecule has 0 aliphatic heterocycles. The lowest BCUT2D eigenvalue weighted by Gasteiger charge is -2.08. The lowest BCUT2D eigenvalue weighted by Crippen LogP contribution is -2.30. The van der Waals surface area contributed by atoms with Crippen LogP contribution in [0, 0.1) is 0 Å². The molecule has 1 amide bonds. The zero-order chi connectivity index (χ0) is 17.4. The van der Waals surface area contributed by atoms with E-state index in [2.05, 4.69) is 10.1 Å². The van der Waals surface area contributed by atoms with Crippen molar-refractivity contribution in [2.75, 3.05) is 20.3 Å². The van der Waals surface area contributed by atoms with Gasteiger partial charge in [0.2, 0.25) is 0 Å². The number of methoxy groups -OCH3 is 1. The second kappa shape index (κ2) is 8.93. The fourth-order valence-corrected chi connectivity index (χ4v) is 2.13. The highest BCUT2D eigenvalue weighted by molar-refractivity contribution is 6.30. The maximum Gasteiger partial charge on any atom is 0.337 e. The Morgan fingerprint density at radius 1 is 1.04 bits per heavy atom. The van der Waals surface area contributed by atoms with Gasteiger partial charge in [0, 0.05) is 11.6 Å². The SMILES string of the molecule is COC(=O)c1ccc(OCC(=O)NCCc2ccc(Cl)cc2)cc1. The molecule has 126 valence electrons. The van der Waals surface area contributed by atoms with Crippen molar-refractivity contribution >= 4 is 23.5 Å². The fraction of sp³-hybridized carbons (Fsp3) is 0.222. The van der Waals surface area contributed by atoms with E-state index in [9.17, 15) is 9.59 Å². The summed E-state index contributed by atoms with van der Waals surface area (Å²) >= 11 is 5.82. The third-order valence-corrected chi connectivity index (χ3v) is 3.55. The van der Waals surface area contributed by atoms with Crippen LogP contribution >= 0.6 is 11.6 Å². The van der Waals surface area contributed by atoms with Gasteiger partial charge >= 0.3 is 5.97 Å². The van der Waals surface area contributed by atoms with Crippen molar-refractivity contribution in [1.29, 1.82) is 0 Å². The predicted octanol–water partition coefficient (Wildman–Crippen LogP) is 2.86. The number of hydrogen-bond acceptors (Lipinski definition) is 4. The Morgan fingerprint density at radius 3 is 2.33 bits per heavy atom. The van der Waals surface area contributed by atoms with Gasteiger partial charge in [-0.3, -0.25) is 4.79 Å². The Kier molecular flexibility index (Phi) is 6.63. The van der Waals surface area contributed by atoms with E-state index in [1.807, 2.05) is 24.3 Å². The molecule has 0 radical (unpaired) electrons. The number of esters is 1. The molecule has 0 aromatic heterocycles. The van der Waals surface area contributed by atoms with Gasteiger partial charge in [0.15, 0.2) is 6.61 Å². The number of amides is 1. The van der Waals surface area contributed by atoms with Crippen molar-refractivity contribution in [2.45, 2.75) is 6.42 Å². The van der Waals surface area contributed by atoms with Gasteiger partial charge in [0.25, 0.3) is 5.91 Å². The van der Waals surface area contributed by atoms with E-state index in [0.29, 0.717) is 22.9 Å². The Balaban J connectivity index is 1.71. The summed E-state index contributed by atoms with van der Waals surface area (Å²) in [7, 11) is 1.32. The maximum atomic E-state index is 11.8. The lowest BCUT2D eigenvalue weighted by molar-refractivity contribution is -0.123. The first-order chi connectivity index (χ1) is 11.6. The summed E-state index contributed by atoms with van der Waals surface area (Å²) in [5.74, 6) is -0.113. The van der Waals surface area contributed by atoms with Crippen LogP contribution in [0.25, 0.3) is 0 Å². The lowest BCUT2D eigenvalue weighted by atomic mass is 10.1. The second-order valence-corrected chi connectivity index (χ2v) is 5.47. The van der Waals surface area contributed by atoms with Crippen LogP contribution in [0.3, 0.4) is 0 Å². The summed E-state index contributed by atoms with van der Waals surface area (Å²) < 4.78 is 9.98. The second-order valence-electron chi connectivity index (χ2n) is 5.03. The van der Waals surface area contributed by atoms with Gasteiger partial charge in [-0.25, -0.2) is 4.79 Å². The van der Waals surface area contributed by atoms with Crippen molar-refractivity contribution in [3.8, 4) is 5.75 Å². The van der Waals surface area contributed by atoms with Gasteiger partial charge in [-0.05, 0) is 48.4 Å². The number of benzene rings is 2. The van der Waals surface area contributed by atoms with Crippen molar-refractivity contribution in [3.63, 3.8) is 0 Å². The summed E-state index contributed by atoms with van der Waals surface area (Å²) in [5, 5.41) is 3.47. The van der Waals surface area contributed by atoms with Gasteiger partial charge in [-0.2, -0.15) is 0 Å². The normalized spacial score (nSPS) is 10.1. The number of rotatable bonds is 7. The van der Waals surface area contributed by atoms with E-state index in [1.54, 1.807) is 24.3 Å². The Morgan fingerprint density at radius 2 is 1.71 bits per heavy atom. The Bertz CT molecular complexity index is 683. The minimum atomic E-state index is -0.415. The summed E-state index contributed by atoms with van der Waals surface area (Å²) in [6, 6.07) is 13.9. The topological polar surface area (TPSA) is 64.6 Å². The number of ether oxygens (including phenoxy) is 2. The molecule has 0 bridgehead atoms. The molecule has 2 rings (SSSR count). The number of nitrogens with one attached hydrogen (secondary N) is 1. The highest BCUT2D eigenvalue weighted by atomic mass is 35.5. The predicted molar refractivity (Wildman–Crippen MR) is 91.4 cm³/mol. The molecule has 0 saturated carbocycles. The third-order valence-electron chi connectivity index (χ3n) is 3.29. The molecule has 0 heterocycles. The van der Waals surface area contributed by atoms with Crippen LogP contribution in [-0.2, 0) is 16.0 Å². The van der Waals surface area contributed by atoms with Crippen LogP contribution < -0.4 is 10.1 Å². The van der Waals surface area contributed by atoms with Crippen LogP contribution in [0.2, 0.25) is 5.02 Å². The summed E-state index contributed by atoms with van der Waals surface area (Å²) in [6.07, 6.45) is 0.719. The molecule has 0 unspecified atom stereocenters. The zero-order valence-corrected chi connectivity index (χ0v) is 14.0. The highest BCUT2D eigenvalue weighted by Crippen LogP contribution is 2.13. The van der Waals surface area contributed by atoms with Crippen molar-refractivity contribution in [2.24, 2.45) is 0 Å². The van der Waals surface area contributed by atoms with Crippen LogP contribution in [0.4, 0.5) is 0 Å². The molecule has 24 heavy (non-hydrogen) atoms. The molecule has 0 aliphatic carbocycles. The molecule has 6 heteroatoms. The number of halogens is 1. The van der Waals surface area contributed by atoms with E-state index in [4.69, 9.17) is 16.3 Å². The number of hydrogen-bond donors (Lipinski definition) is 1. The molecule has 0 fully saturated rings. The molecular weight excluding hydrogens is 330 g/mol. The molecule has 0 saturated heterocycles. The molecule has 1 N–H and O–H groups in total. The fourth-order valence-electron chi connectivity index (χ4n) is 2.00. The van der Waals surface area contributed by atoms with E-state index in [0.717, 1.165) is 12.0 Å². The first kappa shape index (κ1) is 17.8. The molecular formula is C18H18ClNO4. The van der Waals surface area contributed by atoms with Crippen LogP contribution in [0.1, 0.15) is 15.9 Å². The van der Waals surface area contributed by atoms with Crippen LogP contribution in [-0.4, -0.2) is 32.1 Å². The van der Waals surface area contributed by atoms with E-state index < -0.39 is 5.97 Å². The standard InChI is InChI=1S/C18H18ClNO4/c1-23-18(22)14-4-8-16(9-5-14)24-12-17(21)20-11-10-13-2-6-15(19)7-3-13/h2-9H,10-12H2,1H3,(H,20,21). The van der Waals surface area contributed by atoms with Gasteiger partial charge in [-0.1, -0.05) is 23.7 Å². The summed E-state index contributed by atoms with van der Waals surface area (Å²) in [6.45, 7) is 0.434. The van der Waals surface area contributed by atoms with Crippen molar-refractivity contribution in [1.82, 2.24) is 5.32 Å². The monoisotopic (exact) mass is 347 g/mol. The maximum absolute atomic E-state index is 11.8. The molecule has 0 aliphatic rings. The minimum absolute atomic E-state index is 0.0851. The van der Waals surface area contributed by atoms with Gasteiger partial charge in [0.1, 0.15) is 5.75 Å². The first-order valence-electron chi connectivity index (χ1n) is 7.41. The zero-order valence-electron chi connectivity index (χ0n) is 13.3. The quantitative estimate of drug-likeness (QED) is 0.782. The average Bonchev–Trinajstić information content (AvgIpc) is 2.61. The average molecular weight is 348 g/mol. The minimum Gasteiger partial charge on any atom is -0.484 e. The highest BCUT2D eigenvalue weighted by Gasteiger charge is 2.06. The summed E-state index contributed by atoms with van der Waals surface area (Å²) in [4.78, 5) is 23.1. The largest absolute Gasteiger partial charge is 0.484 e. The molecule has 0 spiro atoms.